The van der Waals surface area contributed by atoms with E-state index in [1.54, 1.807) is 0 Å². The third-order valence-corrected chi connectivity index (χ3v) is 1.84. The third kappa shape index (κ3) is 3.83. The van der Waals surface area contributed by atoms with E-state index in [1.807, 2.05) is 6.92 Å². The summed E-state index contributed by atoms with van der Waals surface area (Å²) in [5.41, 5.74) is 0.292. The molecule has 1 unspecified atom stereocenters. The van der Waals surface area contributed by atoms with Gasteiger partial charge in [-0.05, 0) is 19.3 Å². The summed E-state index contributed by atoms with van der Waals surface area (Å²) < 4.78 is 0. The second-order valence-corrected chi connectivity index (χ2v) is 4.40. The Balaban J connectivity index is 3.85. The van der Waals surface area contributed by atoms with Gasteiger partial charge in [0.05, 0.1) is 4.99 Å². The van der Waals surface area contributed by atoms with Crippen molar-refractivity contribution in [2.24, 2.45) is 5.41 Å². The lowest BCUT2D eigenvalue weighted by atomic mass is 9.88. The topological polar surface area (TPSA) is 12.0 Å². The molecule has 0 aliphatic heterocycles. The molecule has 0 saturated carbocycles. The van der Waals surface area contributed by atoms with E-state index < -0.39 is 0 Å². The molecule has 0 spiro atoms. The molecule has 0 aromatic rings. The first-order valence-electron chi connectivity index (χ1n) is 3.61. The molecule has 1 N–H and O–H groups in total. The number of hydrogen-bond acceptors (Lipinski definition) is 1. The summed E-state index contributed by atoms with van der Waals surface area (Å²) in [5, 5.41) is 3.21. The van der Waals surface area contributed by atoms with Crippen molar-refractivity contribution < 1.29 is 0 Å². The molecule has 0 fully saturated rings. The largest absolute Gasteiger partial charge is 0.377 e. The molecule has 0 aromatic carbocycles. The smallest absolute Gasteiger partial charge is 0.0724 e. The van der Waals surface area contributed by atoms with Crippen LogP contribution in [0, 0.1) is 5.41 Å². The Hall–Kier alpha value is -0.110. The average molecular weight is 159 g/mol. The first-order chi connectivity index (χ1) is 4.34. The molecule has 10 heavy (non-hydrogen) atoms. The fraction of sp³-hybridized carbons (Fsp3) is 0.875. The first kappa shape index (κ1) is 9.89. The number of nitrogens with one attached hydrogen (secondary N) is 1. The van der Waals surface area contributed by atoms with Crippen LogP contribution < -0.4 is 5.32 Å². The Morgan fingerprint density at radius 2 is 1.80 bits per heavy atom. The summed E-state index contributed by atoms with van der Waals surface area (Å²) >= 11 is 4.93. The van der Waals surface area contributed by atoms with Crippen LogP contribution in [0.25, 0.3) is 0 Å². The molecule has 2 heteroatoms. The maximum Gasteiger partial charge on any atom is 0.0724 e. The second-order valence-electron chi connectivity index (χ2n) is 3.79. The minimum atomic E-state index is 0.292. The van der Waals surface area contributed by atoms with Crippen LogP contribution in [0.5, 0.6) is 0 Å². The Bertz CT molecular complexity index is 124. The predicted octanol–water partition coefficient (Wildman–Crippen LogP) is 2.36. The Kier molecular flexibility index (Phi) is 3.29. The summed E-state index contributed by atoms with van der Waals surface area (Å²) in [6.45, 7) is 10.7. The fourth-order valence-corrected chi connectivity index (χ4v) is 0.698. The van der Waals surface area contributed by atoms with Crippen molar-refractivity contribution in [3.63, 3.8) is 0 Å². The standard InChI is InChI=1S/C8H17NS/c1-6(8(3,4)5)9-7(2)10/h6H,1-5H3,(H,9,10). The third-order valence-electron chi connectivity index (χ3n) is 1.72. The monoisotopic (exact) mass is 159 g/mol. The van der Waals surface area contributed by atoms with Crippen LogP contribution in [0.3, 0.4) is 0 Å². The second kappa shape index (κ2) is 3.33. The van der Waals surface area contributed by atoms with Crippen molar-refractivity contribution in [1.82, 2.24) is 5.32 Å². The Labute approximate surface area is 69.2 Å². The summed E-state index contributed by atoms with van der Waals surface area (Å²) in [6, 6.07) is 0.449. The van der Waals surface area contributed by atoms with Gasteiger partial charge >= 0.3 is 0 Å². The first-order valence-corrected chi connectivity index (χ1v) is 4.02. The number of hydrogen-bond donors (Lipinski definition) is 1. The minimum absolute atomic E-state index is 0.292. The molecule has 1 nitrogen and oxygen atoms in total. The lowest BCUT2D eigenvalue weighted by Crippen LogP contribution is -2.39. The molecule has 0 saturated heterocycles. The zero-order chi connectivity index (χ0) is 8.36. The molecule has 0 heterocycles. The van der Waals surface area contributed by atoms with Gasteiger partial charge in [0.25, 0.3) is 0 Å². The van der Waals surface area contributed by atoms with Crippen molar-refractivity contribution in [3.8, 4) is 0 Å². The highest BCUT2D eigenvalue weighted by atomic mass is 32.1. The van der Waals surface area contributed by atoms with Crippen LogP contribution in [0.15, 0.2) is 0 Å². The molecule has 1 atom stereocenters. The highest BCUT2D eigenvalue weighted by Gasteiger charge is 2.18. The molecule has 0 rings (SSSR count). The molecular weight excluding hydrogens is 142 g/mol. The van der Waals surface area contributed by atoms with Gasteiger partial charge in [-0.2, -0.15) is 0 Å². The lowest BCUT2D eigenvalue weighted by molar-refractivity contribution is 0.317. The van der Waals surface area contributed by atoms with E-state index >= 15 is 0 Å². The molecular formula is C8H17NS. The van der Waals surface area contributed by atoms with Crippen LogP contribution in [-0.2, 0) is 0 Å². The van der Waals surface area contributed by atoms with E-state index in [2.05, 4.69) is 33.0 Å². The molecule has 60 valence electrons. The van der Waals surface area contributed by atoms with E-state index in [-0.39, 0.29) is 0 Å². The maximum atomic E-state index is 4.93. The van der Waals surface area contributed by atoms with E-state index in [9.17, 15) is 0 Å². The van der Waals surface area contributed by atoms with Crippen LogP contribution in [-0.4, -0.2) is 11.0 Å². The minimum Gasteiger partial charge on any atom is -0.377 e. The summed E-state index contributed by atoms with van der Waals surface area (Å²) in [4.78, 5) is 0.877. The number of rotatable bonds is 1. The average Bonchev–Trinajstić information content (AvgIpc) is 1.60. The van der Waals surface area contributed by atoms with Crippen LogP contribution in [0.4, 0.5) is 0 Å². The lowest BCUT2D eigenvalue weighted by Gasteiger charge is -2.28. The van der Waals surface area contributed by atoms with Crippen molar-refractivity contribution >= 4 is 17.2 Å². The van der Waals surface area contributed by atoms with Crippen molar-refractivity contribution in [2.45, 2.75) is 40.7 Å². The molecule has 0 aliphatic rings. The molecule has 0 radical (unpaired) electrons. The predicted molar refractivity (Wildman–Crippen MR) is 50.3 cm³/mol. The zero-order valence-electron chi connectivity index (χ0n) is 7.49. The van der Waals surface area contributed by atoms with E-state index in [0.717, 1.165) is 4.99 Å². The van der Waals surface area contributed by atoms with Gasteiger partial charge in [-0.15, -0.1) is 0 Å². The van der Waals surface area contributed by atoms with Gasteiger partial charge in [0.1, 0.15) is 0 Å². The maximum absolute atomic E-state index is 4.93. The van der Waals surface area contributed by atoms with E-state index in [1.165, 1.54) is 0 Å². The molecule has 0 bridgehead atoms. The van der Waals surface area contributed by atoms with Gasteiger partial charge in [0.15, 0.2) is 0 Å². The summed E-state index contributed by atoms with van der Waals surface area (Å²) in [7, 11) is 0. The Morgan fingerprint density at radius 1 is 1.40 bits per heavy atom. The van der Waals surface area contributed by atoms with E-state index in [4.69, 9.17) is 12.2 Å². The fourth-order valence-electron chi connectivity index (χ4n) is 0.521. The molecule has 0 amide bonds. The van der Waals surface area contributed by atoms with Crippen molar-refractivity contribution in [3.05, 3.63) is 0 Å². The van der Waals surface area contributed by atoms with Gasteiger partial charge in [0.2, 0.25) is 0 Å². The molecule has 0 aliphatic carbocycles. The van der Waals surface area contributed by atoms with Crippen molar-refractivity contribution in [1.29, 1.82) is 0 Å². The van der Waals surface area contributed by atoms with Crippen molar-refractivity contribution in [2.75, 3.05) is 0 Å². The Morgan fingerprint density at radius 3 is 1.90 bits per heavy atom. The number of thiocarbonyl (C=S) groups is 1. The van der Waals surface area contributed by atoms with Gasteiger partial charge in [-0.1, -0.05) is 33.0 Å². The van der Waals surface area contributed by atoms with Gasteiger partial charge in [-0.25, -0.2) is 0 Å². The van der Waals surface area contributed by atoms with Crippen LogP contribution in [0.1, 0.15) is 34.6 Å². The van der Waals surface area contributed by atoms with Gasteiger partial charge < -0.3 is 5.32 Å². The normalized spacial score (nSPS) is 14.5. The quantitative estimate of drug-likeness (QED) is 0.589. The highest BCUT2D eigenvalue weighted by Crippen LogP contribution is 2.18. The summed E-state index contributed by atoms with van der Waals surface area (Å²) in [6.07, 6.45) is 0. The van der Waals surface area contributed by atoms with Gasteiger partial charge in [-0.3, -0.25) is 0 Å². The van der Waals surface area contributed by atoms with Crippen LogP contribution >= 0.6 is 12.2 Å². The van der Waals surface area contributed by atoms with Crippen LogP contribution in [0.2, 0.25) is 0 Å². The summed E-state index contributed by atoms with van der Waals surface area (Å²) in [5.74, 6) is 0. The zero-order valence-corrected chi connectivity index (χ0v) is 8.30. The van der Waals surface area contributed by atoms with Gasteiger partial charge in [0, 0.05) is 6.04 Å². The van der Waals surface area contributed by atoms with E-state index in [0.29, 0.717) is 11.5 Å². The SMILES string of the molecule is CC(=S)NC(C)C(C)(C)C. The molecule has 0 aromatic heterocycles. The highest BCUT2D eigenvalue weighted by molar-refractivity contribution is 7.80.